The first-order valence-corrected chi connectivity index (χ1v) is 6.87. The number of hydrogen-bond donors (Lipinski definition) is 2. The van der Waals surface area contributed by atoms with Gasteiger partial charge in [0.25, 0.3) is 0 Å². The standard InChI is InChI=1S/C15H22N2O2/c1-19-12-7-5-11(6-8-12)9-10-17-15(18)13-3-2-4-14(13)16/h5-8,13-14H,2-4,9-10,16H2,1H3,(H,17,18). The van der Waals surface area contributed by atoms with E-state index in [9.17, 15) is 4.79 Å². The molecule has 4 nitrogen and oxygen atoms in total. The van der Waals surface area contributed by atoms with Crippen molar-refractivity contribution in [2.45, 2.75) is 31.7 Å². The number of amides is 1. The fraction of sp³-hybridized carbons (Fsp3) is 0.533. The van der Waals surface area contributed by atoms with Crippen molar-refractivity contribution in [1.29, 1.82) is 0 Å². The van der Waals surface area contributed by atoms with E-state index in [1.807, 2.05) is 24.3 Å². The molecule has 0 aliphatic heterocycles. The third kappa shape index (κ3) is 3.70. The topological polar surface area (TPSA) is 64.3 Å². The van der Waals surface area contributed by atoms with Crippen LogP contribution in [0.3, 0.4) is 0 Å². The highest BCUT2D eigenvalue weighted by molar-refractivity contribution is 5.79. The van der Waals surface area contributed by atoms with Gasteiger partial charge in [0.1, 0.15) is 5.75 Å². The number of hydrogen-bond acceptors (Lipinski definition) is 3. The molecule has 104 valence electrons. The van der Waals surface area contributed by atoms with Crippen molar-refractivity contribution in [2.24, 2.45) is 11.7 Å². The lowest BCUT2D eigenvalue weighted by Crippen LogP contribution is -2.39. The fourth-order valence-corrected chi connectivity index (χ4v) is 2.57. The van der Waals surface area contributed by atoms with Crippen molar-refractivity contribution in [3.8, 4) is 5.75 Å². The minimum Gasteiger partial charge on any atom is -0.497 e. The molecule has 1 aromatic carbocycles. The Morgan fingerprint density at radius 2 is 2.11 bits per heavy atom. The predicted octanol–water partition coefficient (Wildman–Crippen LogP) is 1.48. The van der Waals surface area contributed by atoms with E-state index in [1.165, 1.54) is 5.56 Å². The molecule has 0 heterocycles. The second kappa shape index (κ2) is 6.57. The van der Waals surface area contributed by atoms with E-state index in [4.69, 9.17) is 10.5 Å². The van der Waals surface area contributed by atoms with Crippen LogP contribution in [0.25, 0.3) is 0 Å². The molecule has 0 saturated heterocycles. The van der Waals surface area contributed by atoms with Crippen molar-refractivity contribution in [3.63, 3.8) is 0 Å². The molecule has 0 aromatic heterocycles. The summed E-state index contributed by atoms with van der Waals surface area (Å²) in [5, 5.41) is 2.98. The van der Waals surface area contributed by atoms with Gasteiger partial charge in [-0.1, -0.05) is 18.6 Å². The van der Waals surface area contributed by atoms with Gasteiger partial charge in [-0.25, -0.2) is 0 Å². The average Bonchev–Trinajstić information content (AvgIpc) is 2.86. The van der Waals surface area contributed by atoms with Crippen molar-refractivity contribution in [3.05, 3.63) is 29.8 Å². The van der Waals surface area contributed by atoms with E-state index in [2.05, 4.69) is 5.32 Å². The number of carbonyl (C=O) groups excluding carboxylic acids is 1. The molecule has 1 aromatic rings. The van der Waals surface area contributed by atoms with Gasteiger partial charge >= 0.3 is 0 Å². The minimum atomic E-state index is 0.0101. The molecule has 2 atom stereocenters. The Labute approximate surface area is 114 Å². The second-order valence-electron chi connectivity index (χ2n) is 5.09. The number of methoxy groups -OCH3 is 1. The molecule has 0 bridgehead atoms. The maximum absolute atomic E-state index is 11.9. The molecule has 0 radical (unpaired) electrons. The monoisotopic (exact) mass is 262 g/mol. The van der Waals surface area contributed by atoms with E-state index in [-0.39, 0.29) is 17.9 Å². The summed E-state index contributed by atoms with van der Waals surface area (Å²) < 4.78 is 5.11. The Bertz CT molecular complexity index is 417. The minimum absolute atomic E-state index is 0.0101. The first-order valence-electron chi connectivity index (χ1n) is 6.87. The summed E-state index contributed by atoms with van der Waals surface area (Å²) in [7, 11) is 1.65. The van der Waals surface area contributed by atoms with Crippen molar-refractivity contribution in [2.75, 3.05) is 13.7 Å². The number of nitrogens with two attached hydrogens (primary N) is 1. The van der Waals surface area contributed by atoms with Gasteiger partial charge in [-0.2, -0.15) is 0 Å². The van der Waals surface area contributed by atoms with Crippen LogP contribution in [0.5, 0.6) is 5.75 Å². The highest BCUT2D eigenvalue weighted by atomic mass is 16.5. The normalized spacial score (nSPS) is 22.2. The Morgan fingerprint density at radius 3 is 2.68 bits per heavy atom. The van der Waals surface area contributed by atoms with E-state index in [1.54, 1.807) is 7.11 Å². The highest BCUT2D eigenvalue weighted by Gasteiger charge is 2.29. The molecule has 19 heavy (non-hydrogen) atoms. The van der Waals surface area contributed by atoms with Crippen LogP contribution < -0.4 is 15.8 Å². The van der Waals surface area contributed by atoms with Crippen LogP contribution in [0.2, 0.25) is 0 Å². The van der Waals surface area contributed by atoms with Gasteiger partial charge in [-0.3, -0.25) is 4.79 Å². The Hall–Kier alpha value is -1.55. The Kier molecular flexibility index (Phi) is 4.80. The first kappa shape index (κ1) is 13.9. The number of carbonyl (C=O) groups is 1. The molecule has 1 aliphatic carbocycles. The van der Waals surface area contributed by atoms with Gasteiger partial charge < -0.3 is 15.8 Å². The molecule has 1 aliphatic rings. The molecule has 3 N–H and O–H groups in total. The second-order valence-corrected chi connectivity index (χ2v) is 5.09. The third-order valence-corrected chi connectivity index (χ3v) is 3.78. The smallest absolute Gasteiger partial charge is 0.224 e. The van der Waals surface area contributed by atoms with Crippen LogP contribution in [-0.2, 0) is 11.2 Å². The van der Waals surface area contributed by atoms with Gasteiger partial charge in [-0.05, 0) is 37.0 Å². The number of benzene rings is 1. The molecule has 1 fully saturated rings. The van der Waals surface area contributed by atoms with E-state index >= 15 is 0 Å². The summed E-state index contributed by atoms with van der Waals surface area (Å²) in [6.45, 7) is 0.661. The van der Waals surface area contributed by atoms with Gasteiger partial charge in [0.05, 0.1) is 13.0 Å². The lowest BCUT2D eigenvalue weighted by Gasteiger charge is -2.15. The van der Waals surface area contributed by atoms with Crippen molar-refractivity contribution < 1.29 is 9.53 Å². The van der Waals surface area contributed by atoms with Gasteiger partial charge in [0.15, 0.2) is 0 Å². The SMILES string of the molecule is COc1ccc(CCNC(=O)C2CCCC2N)cc1. The zero-order valence-electron chi connectivity index (χ0n) is 11.4. The van der Waals surface area contributed by atoms with E-state index < -0.39 is 0 Å². The first-order chi connectivity index (χ1) is 9.20. The Morgan fingerprint density at radius 1 is 1.37 bits per heavy atom. The maximum Gasteiger partial charge on any atom is 0.224 e. The van der Waals surface area contributed by atoms with E-state index in [0.717, 1.165) is 31.4 Å². The zero-order valence-corrected chi connectivity index (χ0v) is 11.4. The number of ether oxygens (including phenoxy) is 1. The summed E-state index contributed by atoms with van der Waals surface area (Å²) in [5.74, 6) is 0.971. The number of nitrogens with one attached hydrogen (secondary N) is 1. The molecular weight excluding hydrogens is 240 g/mol. The largest absolute Gasteiger partial charge is 0.497 e. The lowest BCUT2D eigenvalue weighted by atomic mass is 10.0. The summed E-state index contributed by atoms with van der Waals surface area (Å²) >= 11 is 0. The van der Waals surface area contributed by atoms with Crippen LogP contribution in [0.1, 0.15) is 24.8 Å². The molecule has 1 amide bonds. The summed E-state index contributed by atoms with van der Waals surface area (Å²) in [4.78, 5) is 11.9. The molecule has 4 heteroatoms. The highest BCUT2D eigenvalue weighted by Crippen LogP contribution is 2.23. The molecular formula is C15H22N2O2. The molecule has 0 spiro atoms. The van der Waals surface area contributed by atoms with Gasteiger partial charge in [0, 0.05) is 12.6 Å². The van der Waals surface area contributed by atoms with E-state index in [0.29, 0.717) is 6.54 Å². The number of rotatable bonds is 5. The van der Waals surface area contributed by atoms with Crippen LogP contribution in [0.4, 0.5) is 0 Å². The molecule has 1 saturated carbocycles. The van der Waals surface area contributed by atoms with Crippen LogP contribution in [0, 0.1) is 5.92 Å². The average molecular weight is 262 g/mol. The predicted molar refractivity (Wildman–Crippen MR) is 75.0 cm³/mol. The fourth-order valence-electron chi connectivity index (χ4n) is 2.57. The van der Waals surface area contributed by atoms with Crippen LogP contribution in [-0.4, -0.2) is 25.6 Å². The van der Waals surface area contributed by atoms with Crippen molar-refractivity contribution in [1.82, 2.24) is 5.32 Å². The summed E-state index contributed by atoms with van der Waals surface area (Å²) in [6.07, 6.45) is 3.79. The summed E-state index contributed by atoms with van der Waals surface area (Å²) in [6, 6.07) is 7.95. The zero-order chi connectivity index (χ0) is 13.7. The molecule has 2 rings (SSSR count). The third-order valence-electron chi connectivity index (χ3n) is 3.78. The van der Waals surface area contributed by atoms with Gasteiger partial charge in [-0.15, -0.1) is 0 Å². The van der Waals surface area contributed by atoms with Crippen LogP contribution >= 0.6 is 0 Å². The lowest BCUT2D eigenvalue weighted by molar-refractivity contribution is -0.125. The Balaban J connectivity index is 1.75. The van der Waals surface area contributed by atoms with Crippen molar-refractivity contribution >= 4 is 5.91 Å². The maximum atomic E-state index is 11.9. The summed E-state index contributed by atoms with van der Waals surface area (Å²) in [5.41, 5.74) is 7.11. The van der Waals surface area contributed by atoms with Gasteiger partial charge in [0.2, 0.25) is 5.91 Å². The quantitative estimate of drug-likeness (QED) is 0.845. The molecule has 2 unspecified atom stereocenters. The van der Waals surface area contributed by atoms with Crippen LogP contribution in [0.15, 0.2) is 24.3 Å².